The number of hydrogen-bond donors (Lipinski definition) is 1. The average molecular weight is 418 g/mol. The molecule has 2 heterocycles. The van der Waals surface area contributed by atoms with E-state index in [0.29, 0.717) is 36.0 Å². The second-order valence-electron chi connectivity index (χ2n) is 6.99. The summed E-state index contributed by atoms with van der Waals surface area (Å²) in [5, 5.41) is 2.82. The zero-order valence-corrected chi connectivity index (χ0v) is 17.7. The highest BCUT2D eigenvalue weighted by Gasteiger charge is 2.50. The van der Waals surface area contributed by atoms with Crippen LogP contribution in [0.25, 0.3) is 0 Å². The molecular formula is C20H26N4O6. The SMILES string of the molecule is COCCN1C(C(=O)Nc2ccc(OC)cc2OC)=CC2C(=O)N(C)C(=O)N(C)C21. The molecule has 10 heteroatoms. The molecule has 0 aliphatic carbocycles. The van der Waals surface area contributed by atoms with Gasteiger partial charge in [-0.15, -0.1) is 0 Å². The van der Waals surface area contributed by atoms with Gasteiger partial charge in [0.15, 0.2) is 0 Å². The highest BCUT2D eigenvalue weighted by atomic mass is 16.5. The smallest absolute Gasteiger partial charge is 0.327 e. The molecule has 30 heavy (non-hydrogen) atoms. The average Bonchev–Trinajstić information content (AvgIpc) is 3.14. The Labute approximate surface area is 174 Å². The van der Waals surface area contributed by atoms with E-state index in [1.807, 2.05) is 0 Å². The fourth-order valence-corrected chi connectivity index (χ4v) is 3.74. The Morgan fingerprint density at radius 1 is 1.13 bits per heavy atom. The third-order valence-electron chi connectivity index (χ3n) is 5.31. The minimum absolute atomic E-state index is 0.295. The number of carbonyl (C=O) groups excluding carboxylic acids is 3. The number of hydrogen-bond acceptors (Lipinski definition) is 7. The fourth-order valence-electron chi connectivity index (χ4n) is 3.74. The fraction of sp³-hybridized carbons (Fsp3) is 0.450. The molecule has 1 saturated heterocycles. The van der Waals surface area contributed by atoms with Crippen molar-refractivity contribution in [3.05, 3.63) is 30.0 Å². The summed E-state index contributed by atoms with van der Waals surface area (Å²) >= 11 is 0. The summed E-state index contributed by atoms with van der Waals surface area (Å²) in [5.74, 6) is -0.389. The summed E-state index contributed by atoms with van der Waals surface area (Å²) in [7, 11) is 7.63. The molecule has 2 unspecified atom stereocenters. The lowest BCUT2D eigenvalue weighted by Gasteiger charge is -2.43. The lowest BCUT2D eigenvalue weighted by atomic mass is 10.0. The predicted molar refractivity (Wildman–Crippen MR) is 108 cm³/mol. The number of methoxy groups -OCH3 is 3. The standard InChI is InChI=1S/C20H26N4O6/c1-22-18-13(19(26)23(2)20(22)27)11-15(24(18)8-9-28-3)17(25)21-14-7-6-12(29-4)10-16(14)30-5/h6-7,10-11,13,18H,8-9H2,1-5H3,(H,21,25). The summed E-state index contributed by atoms with van der Waals surface area (Å²) in [4.78, 5) is 42.5. The van der Waals surface area contributed by atoms with Crippen LogP contribution in [0.4, 0.5) is 10.5 Å². The normalized spacial score (nSPS) is 20.8. The summed E-state index contributed by atoms with van der Waals surface area (Å²) in [5.41, 5.74) is 0.752. The van der Waals surface area contributed by atoms with Crippen LogP contribution in [0.2, 0.25) is 0 Å². The molecule has 3 rings (SSSR count). The summed E-state index contributed by atoms with van der Waals surface area (Å²) < 4.78 is 15.7. The van der Waals surface area contributed by atoms with Gasteiger partial charge in [-0.2, -0.15) is 0 Å². The Morgan fingerprint density at radius 3 is 2.50 bits per heavy atom. The first-order chi connectivity index (χ1) is 14.3. The molecule has 2 aliphatic heterocycles. The highest BCUT2D eigenvalue weighted by molar-refractivity contribution is 6.07. The van der Waals surface area contributed by atoms with Gasteiger partial charge in [-0.3, -0.25) is 14.5 Å². The number of urea groups is 1. The number of carbonyl (C=O) groups is 3. The minimum atomic E-state index is -0.645. The van der Waals surface area contributed by atoms with Crippen molar-refractivity contribution in [2.75, 3.05) is 53.9 Å². The molecule has 1 aromatic carbocycles. The van der Waals surface area contributed by atoms with E-state index >= 15 is 0 Å². The van der Waals surface area contributed by atoms with Crippen LogP contribution in [0.1, 0.15) is 0 Å². The van der Waals surface area contributed by atoms with Gasteiger partial charge in [-0.05, 0) is 18.2 Å². The molecule has 4 amide bonds. The number of rotatable bonds is 7. The third-order valence-corrected chi connectivity index (χ3v) is 5.31. The van der Waals surface area contributed by atoms with Gasteiger partial charge in [0.05, 0.1) is 32.4 Å². The molecule has 10 nitrogen and oxygen atoms in total. The van der Waals surface area contributed by atoms with E-state index in [-0.39, 0.29) is 5.91 Å². The zero-order valence-electron chi connectivity index (χ0n) is 17.7. The summed E-state index contributed by atoms with van der Waals surface area (Å²) in [6, 6.07) is 4.61. The van der Waals surface area contributed by atoms with E-state index in [1.165, 1.54) is 26.2 Å². The molecule has 0 aromatic heterocycles. The van der Waals surface area contributed by atoms with Gasteiger partial charge in [0.1, 0.15) is 23.4 Å². The molecule has 2 atom stereocenters. The maximum Gasteiger partial charge on any atom is 0.327 e. The largest absolute Gasteiger partial charge is 0.497 e. The number of ether oxygens (including phenoxy) is 3. The molecule has 0 spiro atoms. The predicted octanol–water partition coefficient (Wildman–Crippen LogP) is 0.954. The van der Waals surface area contributed by atoms with E-state index in [4.69, 9.17) is 14.2 Å². The topological polar surface area (TPSA) is 101 Å². The first-order valence-electron chi connectivity index (χ1n) is 9.39. The quantitative estimate of drug-likeness (QED) is 0.704. The monoisotopic (exact) mass is 418 g/mol. The maximum absolute atomic E-state index is 13.2. The third kappa shape index (κ3) is 3.65. The van der Waals surface area contributed by atoms with Crippen LogP contribution in [-0.4, -0.2) is 87.3 Å². The van der Waals surface area contributed by atoms with Crippen molar-refractivity contribution in [2.45, 2.75) is 6.17 Å². The van der Waals surface area contributed by atoms with E-state index in [2.05, 4.69) is 5.32 Å². The number of imide groups is 1. The lowest BCUT2D eigenvalue weighted by molar-refractivity contribution is -0.137. The molecule has 0 radical (unpaired) electrons. The minimum Gasteiger partial charge on any atom is -0.497 e. The molecule has 0 saturated carbocycles. The van der Waals surface area contributed by atoms with Crippen LogP contribution < -0.4 is 14.8 Å². The van der Waals surface area contributed by atoms with Crippen LogP contribution in [0.3, 0.4) is 0 Å². The van der Waals surface area contributed by atoms with E-state index in [9.17, 15) is 14.4 Å². The number of fused-ring (bicyclic) bond motifs is 1. The van der Waals surface area contributed by atoms with Gasteiger partial charge >= 0.3 is 6.03 Å². The second kappa shape index (κ2) is 8.62. The molecule has 1 N–H and O–H groups in total. The van der Waals surface area contributed by atoms with Crippen LogP contribution in [0, 0.1) is 5.92 Å². The Bertz CT molecular complexity index is 886. The molecule has 2 aliphatic rings. The second-order valence-corrected chi connectivity index (χ2v) is 6.99. The Kier molecular flexibility index (Phi) is 6.16. The zero-order chi connectivity index (χ0) is 22.0. The van der Waals surface area contributed by atoms with E-state index < -0.39 is 24.0 Å². The van der Waals surface area contributed by atoms with Crippen molar-refractivity contribution < 1.29 is 28.6 Å². The van der Waals surface area contributed by atoms with Crippen molar-refractivity contribution in [1.82, 2.24) is 14.7 Å². The van der Waals surface area contributed by atoms with Crippen molar-refractivity contribution >= 4 is 23.5 Å². The lowest BCUT2D eigenvalue weighted by Crippen LogP contribution is -2.62. The van der Waals surface area contributed by atoms with E-state index in [0.717, 1.165) is 4.90 Å². The van der Waals surface area contributed by atoms with Crippen LogP contribution in [0.5, 0.6) is 11.5 Å². The Balaban J connectivity index is 1.91. The van der Waals surface area contributed by atoms with Crippen molar-refractivity contribution in [2.24, 2.45) is 5.92 Å². The van der Waals surface area contributed by atoms with Gasteiger partial charge in [-0.1, -0.05) is 0 Å². The number of benzene rings is 1. The van der Waals surface area contributed by atoms with Gasteiger partial charge in [-0.25, -0.2) is 4.79 Å². The van der Waals surface area contributed by atoms with Gasteiger partial charge < -0.3 is 29.3 Å². The summed E-state index contributed by atoms with van der Waals surface area (Å²) in [6.45, 7) is 0.664. The number of nitrogens with one attached hydrogen (secondary N) is 1. The van der Waals surface area contributed by atoms with Crippen molar-refractivity contribution in [3.63, 3.8) is 0 Å². The first-order valence-corrected chi connectivity index (χ1v) is 9.39. The van der Waals surface area contributed by atoms with E-state index in [1.54, 1.807) is 43.3 Å². The van der Waals surface area contributed by atoms with Gasteiger partial charge in [0.2, 0.25) is 5.91 Å². The van der Waals surface area contributed by atoms with Gasteiger partial charge in [0, 0.05) is 33.8 Å². The van der Waals surface area contributed by atoms with Gasteiger partial charge in [0.25, 0.3) is 5.91 Å². The van der Waals surface area contributed by atoms with Crippen molar-refractivity contribution in [3.8, 4) is 11.5 Å². The molecule has 1 aromatic rings. The molecule has 1 fully saturated rings. The van der Waals surface area contributed by atoms with Crippen LogP contribution in [-0.2, 0) is 14.3 Å². The number of anilines is 1. The maximum atomic E-state index is 13.2. The highest BCUT2D eigenvalue weighted by Crippen LogP contribution is 2.35. The summed E-state index contributed by atoms with van der Waals surface area (Å²) in [6.07, 6.45) is 1.02. The number of nitrogens with zero attached hydrogens (tertiary/aromatic N) is 3. The van der Waals surface area contributed by atoms with Crippen LogP contribution in [0.15, 0.2) is 30.0 Å². The molecular weight excluding hydrogens is 392 g/mol. The molecule has 162 valence electrons. The Hall–Kier alpha value is -3.27. The number of amides is 4. The van der Waals surface area contributed by atoms with Crippen LogP contribution >= 0.6 is 0 Å². The Morgan fingerprint density at radius 2 is 1.87 bits per heavy atom. The first kappa shape index (κ1) is 21.4. The van der Waals surface area contributed by atoms with Crippen molar-refractivity contribution in [1.29, 1.82) is 0 Å². The molecule has 0 bridgehead atoms.